The Morgan fingerprint density at radius 1 is 1.12 bits per heavy atom. The Morgan fingerprint density at radius 2 is 2.00 bits per heavy atom. The summed E-state index contributed by atoms with van der Waals surface area (Å²) in [6.07, 6.45) is 4.82. The summed E-state index contributed by atoms with van der Waals surface area (Å²) in [6.45, 7) is 0.692. The van der Waals surface area contributed by atoms with Crippen molar-refractivity contribution in [1.29, 1.82) is 0 Å². The normalized spacial score (nSPS) is 11.4. The van der Waals surface area contributed by atoms with Crippen LogP contribution in [-0.2, 0) is 6.54 Å². The summed E-state index contributed by atoms with van der Waals surface area (Å²) >= 11 is 3.25. The van der Waals surface area contributed by atoms with Gasteiger partial charge in [0.25, 0.3) is 0 Å². The Hall–Kier alpha value is -3.00. The summed E-state index contributed by atoms with van der Waals surface area (Å²) < 4.78 is 7.98. The topological polar surface area (TPSA) is 81.1 Å². The number of nitrogens with zero attached hydrogens (tertiary/aromatic N) is 5. The van der Waals surface area contributed by atoms with Crippen LogP contribution in [-0.4, -0.2) is 25.7 Å². The van der Waals surface area contributed by atoms with Crippen LogP contribution >= 0.6 is 15.9 Å². The molecule has 0 spiro atoms. The molecule has 124 valence electrons. The van der Waals surface area contributed by atoms with Gasteiger partial charge in [-0.3, -0.25) is 5.43 Å². The van der Waals surface area contributed by atoms with E-state index in [0.29, 0.717) is 28.3 Å². The molecule has 8 heteroatoms. The summed E-state index contributed by atoms with van der Waals surface area (Å²) in [5.74, 6) is 1.16. The quantitative estimate of drug-likeness (QED) is 0.411. The van der Waals surface area contributed by atoms with Gasteiger partial charge in [-0.05, 0) is 33.6 Å². The molecule has 0 saturated heterocycles. The van der Waals surface area contributed by atoms with Crippen molar-refractivity contribution in [3.05, 3.63) is 71.1 Å². The Labute approximate surface area is 151 Å². The van der Waals surface area contributed by atoms with Gasteiger partial charge >= 0.3 is 0 Å². The molecule has 0 saturated carbocycles. The standard InChI is InChI=1S/C17H13BrN6O/c18-14-7-6-13(25-14)8-22-23-16-15-17(20-10-19-16)24(11-21-15)9-12-4-2-1-3-5-12/h1-8,10-11H,9H2,(H,19,20,23). The molecule has 4 aromatic rings. The third-order valence-corrected chi connectivity index (χ3v) is 3.98. The molecule has 1 aromatic carbocycles. The number of hydrazone groups is 1. The highest BCUT2D eigenvalue weighted by atomic mass is 79.9. The predicted octanol–water partition coefficient (Wildman–Crippen LogP) is 3.68. The van der Waals surface area contributed by atoms with Crippen LogP contribution in [0, 0.1) is 0 Å². The molecular formula is C17H13BrN6O. The Balaban J connectivity index is 1.57. The minimum Gasteiger partial charge on any atom is -0.448 e. The van der Waals surface area contributed by atoms with Gasteiger partial charge in [0.15, 0.2) is 21.7 Å². The Morgan fingerprint density at radius 3 is 2.80 bits per heavy atom. The van der Waals surface area contributed by atoms with E-state index in [2.05, 4.69) is 53.5 Å². The average Bonchev–Trinajstić information content (AvgIpc) is 3.23. The SMILES string of the molecule is Brc1ccc(C=NNc2ncnc3c2ncn3Cc2ccccc2)o1. The minimum atomic E-state index is 0.540. The zero-order valence-corrected chi connectivity index (χ0v) is 14.6. The molecule has 0 aliphatic carbocycles. The van der Waals surface area contributed by atoms with Crippen molar-refractivity contribution in [3.8, 4) is 0 Å². The molecule has 0 fully saturated rings. The third kappa shape index (κ3) is 3.43. The van der Waals surface area contributed by atoms with Gasteiger partial charge in [-0.2, -0.15) is 5.10 Å². The maximum absolute atomic E-state index is 5.35. The van der Waals surface area contributed by atoms with Crippen LogP contribution in [0.5, 0.6) is 0 Å². The highest BCUT2D eigenvalue weighted by Crippen LogP contribution is 2.18. The molecule has 3 heterocycles. The molecule has 0 atom stereocenters. The monoisotopic (exact) mass is 396 g/mol. The van der Waals surface area contributed by atoms with Gasteiger partial charge in [0.1, 0.15) is 12.1 Å². The summed E-state index contributed by atoms with van der Waals surface area (Å²) in [7, 11) is 0. The van der Waals surface area contributed by atoms with Gasteiger partial charge in [-0.1, -0.05) is 30.3 Å². The molecule has 25 heavy (non-hydrogen) atoms. The van der Waals surface area contributed by atoms with Gasteiger partial charge in [0.2, 0.25) is 0 Å². The van der Waals surface area contributed by atoms with E-state index < -0.39 is 0 Å². The lowest BCUT2D eigenvalue weighted by Crippen LogP contribution is -2.00. The highest BCUT2D eigenvalue weighted by Gasteiger charge is 2.10. The lowest BCUT2D eigenvalue weighted by Gasteiger charge is -2.04. The van der Waals surface area contributed by atoms with E-state index in [0.717, 1.165) is 5.65 Å². The number of fused-ring (bicyclic) bond motifs is 1. The number of nitrogens with one attached hydrogen (secondary N) is 1. The number of halogens is 1. The van der Waals surface area contributed by atoms with E-state index >= 15 is 0 Å². The zero-order chi connectivity index (χ0) is 17.1. The fourth-order valence-corrected chi connectivity index (χ4v) is 2.73. The van der Waals surface area contributed by atoms with E-state index in [1.165, 1.54) is 11.9 Å². The number of anilines is 1. The van der Waals surface area contributed by atoms with Gasteiger partial charge < -0.3 is 8.98 Å². The van der Waals surface area contributed by atoms with Crippen molar-refractivity contribution < 1.29 is 4.42 Å². The maximum Gasteiger partial charge on any atom is 0.177 e. The maximum atomic E-state index is 5.35. The molecule has 7 nitrogen and oxygen atoms in total. The van der Waals surface area contributed by atoms with Crippen LogP contribution in [0.3, 0.4) is 0 Å². The van der Waals surface area contributed by atoms with Crippen LogP contribution in [0.4, 0.5) is 5.82 Å². The number of imidazole rings is 1. The second-order valence-corrected chi connectivity index (χ2v) is 6.05. The Bertz CT molecular complexity index is 1020. The van der Waals surface area contributed by atoms with Crippen LogP contribution in [0.2, 0.25) is 0 Å². The van der Waals surface area contributed by atoms with Crippen molar-refractivity contribution in [1.82, 2.24) is 19.5 Å². The number of aromatic nitrogens is 4. The molecule has 0 aliphatic rings. The second kappa shape index (κ2) is 6.86. The third-order valence-electron chi connectivity index (χ3n) is 3.55. The lowest BCUT2D eigenvalue weighted by atomic mass is 10.2. The number of hydrogen-bond acceptors (Lipinski definition) is 6. The predicted molar refractivity (Wildman–Crippen MR) is 98.5 cm³/mol. The number of hydrogen-bond donors (Lipinski definition) is 1. The van der Waals surface area contributed by atoms with Gasteiger partial charge in [-0.25, -0.2) is 15.0 Å². The highest BCUT2D eigenvalue weighted by molar-refractivity contribution is 9.10. The number of benzene rings is 1. The first-order valence-corrected chi connectivity index (χ1v) is 8.33. The van der Waals surface area contributed by atoms with Crippen molar-refractivity contribution in [3.63, 3.8) is 0 Å². The lowest BCUT2D eigenvalue weighted by molar-refractivity contribution is 0.534. The van der Waals surface area contributed by atoms with Crippen molar-refractivity contribution in [2.75, 3.05) is 5.43 Å². The van der Waals surface area contributed by atoms with Crippen molar-refractivity contribution >= 4 is 39.1 Å². The van der Waals surface area contributed by atoms with E-state index in [-0.39, 0.29) is 0 Å². The largest absolute Gasteiger partial charge is 0.448 e. The molecule has 3 aromatic heterocycles. The first-order valence-electron chi connectivity index (χ1n) is 7.54. The second-order valence-electron chi connectivity index (χ2n) is 5.26. The molecule has 0 unspecified atom stereocenters. The van der Waals surface area contributed by atoms with Crippen molar-refractivity contribution in [2.45, 2.75) is 6.54 Å². The molecule has 4 rings (SSSR count). The fourth-order valence-electron chi connectivity index (χ4n) is 2.41. The zero-order valence-electron chi connectivity index (χ0n) is 13.0. The van der Waals surface area contributed by atoms with Crippen molar-refractivity contribution in [2.24, 2.45) is 5.10 Å². The van der Waals surface area contributed by atoms with Crippen LogP contribution < -0.4 is 5.43 Å². The van der Waals surface area contributed by atoms with Crippen LogP contribution in [0.15, 0.2) is 69.3 Å². The smallest absolute Gasteiger partial charge is 0.177 e. The van der Waals surface area contributed by atoms with E-state index in [4.69, 9.17) is 4.42 Å². The molecule has 1 N–H and O–H groups in total. The molecular weight excluding hydrogens is 384 g/mol. The van der Waals surface area contributed by atoms with E-state index in [9.17, 15) is 0 Å². The first kappa shape index (κ1) is 15.5. The number of furan rings is 1. The van der Waals surface area contributed by atoms with E-state index in [1.54, 1.807) is 24.7 Å². The van der Waals surface area contributed by atoms with Gasteiger partial charge in [0.05, 0.1) is 19.1 Å². The molecule has 0 amide bonds. The summed E-state index contributed by atoms with van der Waals surface area (Å²) in [5, 5.41) is 4.14. The van der Waals surface area contributed by atoms with Crippen LogP contribution in [0.1, 0.15) is 11.3 Å². The molecule has 0 bridgehead atoms. The fraction of sp³-hybridized carbons (Fsp3) is 0.0588. The molecule has 0 radical (unpaired) electrons. The molecule has 0 aliphatic heterocycles. The first-order chi connectivity index (χ1) is 12.3. The Kier molecular flexibility index (Phi) is 4.26. The average molecular weight is 397 g/mol. The minimum absolute atomic E-state index is 0.540. The summed E-state index contributed by atoms with van der Waals surface area (Å²) in [5.41, 5.74) is 5.48. The van der Waals surface area contributed by atoms with Gasteiger partial charge in [0, 0.05) is 0 Å². The number of rotatable bonds is 5. The summed E-state index contributed by atoms with van der Waals surface area (Å²) in [4.78, 5) is 13.0. The van der Waals surface area contributed by atoms with Crippen LogP contribution in [0.25, 0.3) is 11.2 Å². The van der Waals surface area contributed by atoms with E-state index in [1.807, 2.05) is 22.8 Å². The summed E-state index contributed by atoms with van der Waals surface area (Å²) in [6, 6.07) is 13.8. The van der Waals surface area contributed by atoms with Gasteiger partial charge in [-0.15, -0.1) is 0 Å².